The molecule has 1 aliphatic carbocycles. The van der Waals surface area contributed by atoms with Crippen molar-refractivity contribution in [2.24, 2.45) is 0 Å². The molecule has 5 rings (SSSR count). The lowest BCUT2D eigenvalue weighted by atomic mass is 9.95. The molecule has 1 saturated carbocycles. The van der Waals surface area contributed by atoms with Crippen molar-refractivity contribution < 1.29 is 22.4 Å². The van der Waals surface area contributed by atoms with E-state index >= 15 is 0 Å². The number of thiazole rings is 1. The molecule has 2 aromatic heterocycles. The Bertz CT molecular complexity index is 1500. The number of nitrogens with zero attached hydrogens (tertiary/aromatic N) is 2. The minimum atomic E-state index is -3.62. The zero-order valence-electron chi connectivity index (χ0n) is 20.8. The molecule has 0 bridgehead atoms. The molecule has 4 aromatic rings. The smallest absolute Gasteiger partial charge is 0.257 e. The first-order chi connectivity index (χ1) is 17.9. The third-order valence-electron chi connectivity index (χ3n) is 6.72. The lowest BCUT2D eigenvalue weighted by Gasteiger charge is -2.32. The minimum Gasteiger partial charge on any atom is -0.497 e. The molecule has 1 fully saturated rings. The summed E-state index contributed by atoms with van der Waals surface area (Å²) in [4.78, 5) is 17.5. The molecule has 1 N–H and O–H groups in total. The molecule has 8 nitrogen and oxygen atoms in total. The molecule has 37 heavy (non-hydrogen) atoms. The summed E-state index contributed by atoms with van der Waals surface area (Å²) in [5.74, 6) is 0.932. The Hall–Kier alpha value is -3.21. The number of methoxy groups -OCH3 is 1. The largest absolute Gasteiger partial charge is 0.497 e. The quantitative estimate of drug-likeness (QED) is 0.288. The monoisotopic (exact) mass is 539 g/mol. The number of carbonyl (C=O) groups is 1. The number of sulfonamides is 1. The van der Waals surface area contributed by atoms with Gasteiger partial charge in [-0.15, -0.1) is 11.3 Å². The van der Waals surface area contributed by atoms with Gasteiger partial charge in [0.15, 0.2) is 10.9 Å². The highest BCUT2D eigenvalue weighted by molar-refractivity contribution is 7.89. The van der Waals surface area contributed by atoms with Crippen LogP contribution in [0.4, 0.5) is 5.13 Å². The van der Waals surface area contributed by atoms with Crippen molar-refractivity contribution in [3.8, 4) is 17.2 Å². The van der Waals surface area contributed by atoms with E-state index in [2.05, 4.69) is 10.3 Å². The summed E-state index contributed by atoms with van der Waals surface area (Å²) in [5.41, 5.74) is 1.65. The topological polar surface area (TPSA) is 102 Å². The molecular formula is C27H29N3O5S2. The molecule has 2 heterocycles. The first kappa shape index (κ1) is 25.4. The molecule has 0 unspecified atom stereocenters. The predicted octanol–water partition coefficient (Wildman–Crippen LogP) is 6.16. The van der Waals surface area contributed by atoms with Crippen molar-refractivity contribution in [1.29, 1.82) is 0 Å². The van der Waals surface area contributed by atoms with Crippen LogP contribution in [0.25, 0.3) is 22.4 Å². The Morgan fingerprint density at radius 2 is 1.89 bits per heavy atom. The van der Waals surface area contributed by atoms with Gasteiger partial charge in [-0.05, 0) is 55.3 Å². The average molecular weight is 540 g/mol. The van der Waals surface area contributed by atoms with Crippen LogP contribution in [0.1, 0.15) is 49.4 Å². The summed E-state index contributed by atoms with van der Waals surface area (Å²) >= 11 is 1.28. The second-order valence-corrected chi connectivity index (χ2v) is 11.8. The van der Waals surface area contributed by atoms with E-state index in [0.717, 1.165) is 37.5 Å². The van der Waals surface area contributed by atoms with Gasteiger partial charge in [0.05, 0.1) is 12.0 Å². The maximum atomic E-state index is 13.3. The van der Waals surface area contributed by atoms with Crippen molar-refractivity contribution in [3.05, 3.63) is 59.5 Å². The zero-order valence-corrected chi connectivity index (χ0v) is 22.4. The number of hydrogen-bond acceptors (Lipinski definition) is 7. The molecule has 10 heteroatoms. The van der Waals surface area contributed by atoms with Crippen molar-refractivity contribution in [1.82, 2.24) is 9.29 Å². The van der Waals surface area contributed by atoms with Gasteiger partial charge in [0.25, 0.3) is 5.91 Å². The average Bonchev–Trinajstić information content (AvgIpc) is 3.56. The second kappa shape index (κ2) is 10.6. The van der Waals surface area contributed by atoms with Gasteiger partial charge in [0.1, 0.15) is 17.0 Å². The lowest BCUT2D eigenvalue weighted by molar-refractivity contribution is 0.102. The Morgan fingerprint density at radius 3 is 2.59 bits per heavy atom. The van der Waals surface area contributed by atoms with Crippen LogP contribution < -0.4 is 10.1 Å². The van der Waals surface area contributed by atoms with Gasteiger partial charge in [-0.2, -0.15) is 4.31 Å². The van der Waals surface area contributed by atoms with Crippen molar-refractivity contribution >= 4 is 43.4 Å². The summed E-state index contributed by atoms with van der Waals surface area (Å²) < 4.78 is 39.3. The number of aromatic nitrogens is 1. The highest BCUT2D eigenvalue weighted by Gasteiger charge is 2.31. The van der Waals surface area contributed by atoms with Crippen LogP contribution >= 0.6 is 11.3 Å². The van der Waals surface area contributed by atoms with Crippen molar-refractivity contribution in [3.63, 3.8) is 0 Å². The fourth-order valence-corrected chi connectivity index (χ4v) is 7.17. The molecule has 194 valence electrons. The van der Waals surface area contributed by atoms with E-state index < -0.39 is 10.0 Å². The standard InChI is InChI=1S/C27H29N3O5S2/c1-3-30(20-7-5-4-6-8-20)37(32,33)22-13-10-18(11-14-22)26(31)29-27-28-23(17-36-27)25-15-19-9-12-21(34-2)16-24(19)35-25/h9-17,20H,3-8H2,1-2H3,(H,28,29,31). The van der Waals surface area contributed by atoms with E-state index in [1.807, 2.05) is 36.6 Å². The first-order valence-electron chi connectivity index (χ1n) is 12.4. The number of amides is 1. The van der Waals surface area contributed by atoms with E-state index in [4.69, 9.17) is 9.15 Å². The molecule has 0 aliphatic heterocycles. The maximum absolute atomic E-state index is 13.3. The molecule has 0 radical (unpaired) electrons. The number of hydrogen-bond donors (Lipinski definition) is 1. The number of nitrogens with one attached hydrogen (secondary N) is 1. The Kier molecular flexibility index (Phi) is 7.32. The Morgan fingerprint density at radius 1 is 1.14 bits per heavy atom. The molecule has 0 spiro atoms. The van der Waals surface area contributed by atoms with Crippen LogP contribution in [-0.2, 0) is 10.0 Å². The van der Waals surface area contributed by atoms with E-state index in [1.165, 1.54) is 35.6 Å². The predicted molar refractivity (Wildman–Crippen MR) is 145 cm³/mol. The van der Waals surface area contributed by atoms with E-state index in [0.29, 0.717) is 40.0 Å². The SMILES string of the molecule is CCN(C1CCCCC1)S(=O)(=O)c1ccc(C(=O)Nc2nc(-c3cc4ccc(OC)cc4o3)cs2)cc1. The third-order valence-corrected chi connectivity index (χ3v) is 9.52. The van der Waals surface area contributed by atoms with Gasteiger partial charge in [0.2, 0.25) is 10.0 Å². The molecule has 1 amide bonds. The van der Waals surface area contributed by atoms with E-state index in [1.54, 1.807) is 11.4 Å². The van der Waals surface area contributed by atoms with Crippen LogP contribution in [0.5, 0.6) is 5.75 Å². The number of anilines is 1. The number of carbonyl (C=O) groups excluding carboxylic acids is 1. The summed E-state index contributed by atoms with van der Waals surface area (Å²) in [6.45, 7) is 2.30. The Balaban J connectivity index is 1.28. The normalized spacial score (nSPS) is 14.8. The fraction of sp³-hybridized carbons (Fsp3) is 0.333. The Labute approximate surface area is 220 Å². The summed E-state index contributed by atoms with van der Waals surface area (Å²) in [5, 5.41) is 5.95. The van der Waals surface area contributed by atoms with Gasteiger partial charge in [0, 0.05) is 35.0 Å². The van der Waals surface area contributed by atoms with Crippen molar-refractivity contribution in [2.45, 2.75) is 50.0 Å². The molecule has 0 atom stereocenters. The van der Waals surface area contributed by atoms with Crippen LogP contribution in [0, 0.1) is 0 Å². The molecule has 1 aliphatic rings. The fourth-order valence-electron chi connectivity index (χ4n) is 4.79. The molecule has 0 saturated heterocycles. The van der Waals surface area contributed by atoms with Gasteiger partial charge < -0.3 is 9.15 Å². The van der Waals surface area contributed by atoms with Gasteiger partial charge >= 0.3 is 0 Å². The highest BCUT2D eigenvalue weighted by atomic mass is 32.2. The van der Waals surface area contributed by atoms with Gasteiger partial charge in [-0.3, -0.25) is 10.1 Å². The zero-order chi connectivity index (χ0) is 26.0. The first-order valence-corrected chi connectivity index (χ1v) is 14.7. The lowest BCUT2D eigenvalue weighted by Crippen LogP contribution is -2.41. The van der Waals surface area contributed by atoms with E-state index in [-0.39, 0.29) is 16.8 Å². The summed E-state index contributed by atoms with van der Waals surface area (Å²) in [6.07, 6.45) is 5.06. The number of fused-ring (bicyclic) bond motifs is 1. The summed E-state index contributed by atoms with van der Waals surface area (Å²) in [7, 11) is -2.02. The second-order valence-electron chi connectivity index (χ2n) is 9.03. The van der Waals surface area contributed by atoms with Crippen LogP contribution in [0.2, 0.25) is 0 Å². The highest BCUT2D eigenvalue weighted by Crippen LogP contribution is 2.32. The van der Waals surface area contributed by atoms with E-state index in [9.17, 15) is 13.2 Å². The number of rotatable bonds is 8. The van der Waals surface area contributed by atoms with Crippen LogP contribution in [0.15, 0.2) is 63.2 Å². The number of ether oxygens (including phenoxy) is 1. The summed E-state index contributed by atoms with van der Waals surface area (Å²) in [6, 6.07) is 13.6. The van der Waals surface area contributed by atoms with Crippen LogP contribution in [0.3, 0.4) is 0 Å². The third kappa shape index (κ3) is 5.27. The molecule has 2 aromatic carbocycles. The number of furan rings is 1. The minimum absolute atomic E-state index is 0.0413. The number of benzene rings is 2. The van der Waals surface area contributed by atoms with Gasteiger partial charge in [-0.1, -0.05) is 26.2 Å². The van der Waals surface area contributed by atoms with Crippen molar-refractivity contribution in [2.75, 3.05) is 19.0 Å². The van der Waals surface area contributed by atoms with Gasteiger partial charge in [-0.25, -0.2) is 13.4 Å². The van der Waals surface area contributed by atoms with Crippen LogP contribution in [-0.4, -0.2) is 43.3 Å². The molecular weight excluding hydrogens is 510 g/mol. The maximum Gasteiger partial charge on any atom is 0.257 e.